The van der Waals surface area contributed by atoms with E-state index in [-0.39, 0.29) is 10.9 Å². The molecule has 6 nitrogen and oxygen atoms in total. The standard InChI is InChI=1S/C10H18N4O2S/c1-7-10(8(2)13-12-7)17(15,16)14-9-3-5-11-6-4-9/h9,11,14H,3-6H2,1-2H3,(H,12,13). The molecule has 1 saturated heterocycles. The molecule has 3 N–H and O–H groups in total. The first kappa shape index (κ1) is 12.5. The number of aryl methyl sites for hydroxylation is 2. The molecule has 1 fully saturated rings. The summed E-state index contributed by atoms with van der Waals surface area (Å²) in [6.07, 6.45) is 1.66. The van der Waals surface area contributed by atoms with Crippen molar-refractivity contribution in [2.75, 3.05) is 13.1 Å². The molecule has 0 radical (unpaired) electrons. The summed E-state index contributed by atoms with van der Waals surface area (Å²) in [5, 5.41) is 9.82. The normalized spacial score (nSPS) is 18.5. The number of rotatable bonds is 3. The molecule has 2 heterocycles. The van der Waals surface area contributed by atoms with Gasteiger partial charge >= 0.3 is 0 Å². The summed E-state index contributed by atoms with van der Waals surface area (Å²) in [6.45, 7) is 5.13. The molecule has 0 aliphatic carbocycles. The third kappa shape index (κ3) is 2.67. The Labute approximate surface area is 101 Å². The zero-order chi connectivity index (χ0) is 12.5. The van der Waals surface area contributed by atoms with Crippen LogP contribution < -0.4 is 10.0 Å². The maximum absolute atomic E-state index is 12.2. The van der Waals surface area contributed by atoms with Gasteiger partial charge in [-0.25, -0.2) is 13.1 Å². The molecule has 0 saturated carbocycles. The Morgan fingerprint density at radius 2 is 1.94 bits per heavy atom. The van der Waals surface area contributed by atoms with Crippen molar-refractivity contribution in [2.24, 2.45) is 0 Å². The average Bonchev–Trinajstić information content (AvgIpc) is 2.59. The van der Waals surface area contributed by atoms with Gasteiger partial charge in [0.05, 0.1) is 11.4 Å². The zero-order valence-electron chi connectivity index (χ0n) is 10.1. The van der Waals surface area contributed by atoms with Gasteiger partial charge in [0.15, 0.2) is 0 Å². The molecule has 1 aliphatic rings. The molecule has 17 heavy (non-hydrogen) atoms. The van der Waals surface area contributed by atoms with Crippen LogP contribution in [-0.2, 0) is 10.0 Å². The number of hydrogen-bond acceptors (Lipinski definition) is 4. The van der Waals surface area contributed by atoms with Crippen LogP contribution in [0.2, 0.25) is 0 Å². The second kappa shape index (κ2) is 4.75. The lowest BCUT2D eigenvalue weighted by Crippen LogP contribution is -2.42. The van der Waals surface area contributed by atoms with Crippen LogP contribution in [-0.4, -0.2) is 37.7 Å². The number of nitrogens with zero attached hydrogens (tertiary/aromatic N) is 1. The highest BCUT2D eigenvalue weighted by atomic mass is 32.2. The molecule has 1 aromatic rings. The summed E-state index contributed by atoms with van der Waals surface area (Å²) in [7, 11) is -3.45. The van der Waals surface area contributed by atoms with Gasteiger partial charge in [0.1, 0.15) is 4.90 Å². The summed E-state index contributed by atoms with van der Waals surface area (Å²) in [5.41, 5.74) is 1.10. The number of aromatic amines is 1. The molecular formula is C10H18N4O2S. The summed E-state index contributed by atoms with van der Waals surface area (Å²) in [4.78, 5) is 0.288. The Morgan fingerprint density at radius 1 is 1.29 bits per heavy atom. The smallest absolute Gasteiger partial charge is 0.244 e. The van der Waals surface area contributed by atoms with Crippen molar-refractivity contribution < 1.29 is 8.42 Å². The fraction of sp³-hybridized carbons (Fsp3) is 0.700. The van der Waals surface area contributed by atoms with Gasteiger partial charge in [0, 0.05) is 6.04 Å². The van der Waals surface area contributed by atoms with Gasteiger partial charge in [0.25, 0.3) is 0 Å². The molecule has 7 heteroatoms. The Bertz CT molecular complexity index is 469. The molecule has 1 aliphatic heterocycles. The first-order valence-electron chi connectivity index (χ1n) is 5.75. The van der Waals surface area contributed by atoms with E-state index in [0.717, 1.165) is 25.9 Å². The monoisotopic (exact) mass is 258 g/mol. The van der Waals surface area contributed by atoms with Gasteiger partial charge < -0.3 is 5.32 Å². The Hall–Kier alpha value is -0.920. The zero-order valence-corrected chi connectivity index (χ0v) is 10.9. The van der Waals surface area contributed by atoms with Gasteiger partial charge in [0.2, 0.25) is 10.0 Å². The van der Waals surface area contributed by atoms with Crippen LogP contribution in [0.4, 0.5) is 0 Å². The van der Waals surface area contributed by atoms with E-state index in [1.807, 2.05) is 0 Å². The number of sulfonamides is 1. The van der Waals surface area contributed by atoms with Crippen molar-refractivity contribution in [3.05, 3.63) is 11.4 Å². The van der Waals surface area contributed by atoms with Crippen molar-refractivity contribution in [3.8, 4) is 0 Å². The Balaban J connectivity index is 2.19. The third-order valence-electron chi connectivity index (χ3n) is 2.99. The van der Waals surface area contributed by atoms with E-state index >= 15 is 0 Å². The number of nitrogens with one attached hydrogen (secondary N) is 3. The number of hydrogen-bond donors (Lipinski definition) is 3. The molecule has 0 atom stereocenters. The lowest BCUT2D eigenvalue weighted by atomic mass is 10.1. The molecule has 0 bridgehead atoms. The fourth-order valence-electron chi connectivity index (χ4n) is 2.15. The summed E-state index contributed by atoms with van der Waals surface area (Å²) in [6, 6.07) is 0.0231. The highest BCUT2D eigenvalue weighted by Crippen LogP contribution is 2.17. The molecule has 1 aromatic heterocycles. The van der Waals surface area contributed by atoms with E-state index in [2.05, 4.69) is 20.2 Å². The topological polar surface area (TPSA) is 86.9 Å². The Morgan fingerprint density at radius 3 is 2.47 bits per heavy atom. The van der Waals surface area contributed by atoms with Crippen LogP contribution in [0.25, 0.3) is 0 Å². The molecule has 0 spiro atoms. The van der Waals surface area contributed by atoms with Crippen molar-refractivity contribution in [1.82, 2.24) is 20.2 Å². The van der Waals surface area contributed by atoms with Gasteiger partial charge in [-0.2, -0.15) is 5.10 Å². The fourth-order valence-corrected chi connectivity index (χ4v) is 3.83. The first-order chi connectivity index (χ1) is 8.00. The summed E-state index contributed by atoms with van der Waals surface area (Å²) >= 11 is 0. The summed E-state index contributed by atoms with van der Waals surface area (Å²) in [5.74, 6) is 0. The molecule has 0 aromatic carbocycles. The maximum Gasteiger partial charge on any atom is 0.244 e. The Kier molecular flexibility index (Phi) is 3.50. The lowest BCUT2D eigenvalue weighted by Gasteiger charge is -2.23. The van der Waals surface area contributed by atoms with E-state index < -0.39 is 10.0 Å². The number of H-pyrrole nitrogens is 1. The van der Waals surface area contributed by atoms with E-state index in [1.165, 1.54) is 0 Å². The van der Waals surface area contributed by atoms with Gasteiger partial charge in [-0.1, -0.05) is 0 Å². The largest absolute Gasteiger partial charge is 0.317 e. The number of piperidine rings is 1. The van der Waals surface area contributed by atoms with Gasteiger partial charge in [-0.3, -0.25) is 5.10 Å². The molecule has 0 amide bonds. The van der Waals surface area contributed by atoms with Crippen molar-refractivity contribution in [1.29, 1.82) is 0 Å². The van der Waals surface area contributed by atoms with Crippen LogP contribution in [0.1, 0.15) is 24.2 Å². The van der Waals surface area contributed by atoms with E-state index in [4.69, 9.17) is 0 Å². The lowest BCUT2D eigenvalue weighted by molar-refractivity contribution is 0.427. The maximum atomic E-state index is 12.2. The van der Waals surface area contributed by atoms with Crippen LogP contribution >= 0.6 is 0 Å². The minimum atomic E-state index is -3.45. The molecule has 0 unspecified atom stereocenters. The highest BCUT2D eigenvalue weighted by Gasteiger charge is 2.26. The van der Waals surface area contributed by atoms with Crippen molar-refractivity contribution >= 4 is 10.0 Å². The van der Waals surface area contributed by atoms with Gasteiger partial charge in [-0.05, 0) is 39.8 Å². The SMILES string of the molecule is Cc1n[nH]c(C)c1S(=O)(=O)NC1CCNCC1. The van der Waals surface area contributed by atoms with Crippen LogP contribution in [0.5, 0.6) is 0 Å². The van der Waals surface area contributed by atoms with Crippen LogP contribution in [0.15, 0.2) is 4.90 Å². The predicted octanol–water partition coefficient (Wildman–Crippen LogP) is 0.0568. The second-order valence-corrected chi connectivity index (χ2v) is 6.06. The molecule has 96 valence electrons. The molecule has 2 rings (SSSR count). The predicted molar refractivity (Wildman–Crippen MR) is 64.3 cm³/mol. The minimum absolute atomic E-state index is 0.0231. The third-order valence-corrected chi connectivity index (χ3v) is 4.77. The van der Waals surface area contributed by atoms with E-state index in [0.29, 0.717) is 11.4 Å². The van der Waals surface area contributed by atoms with Crippen LogP contribution in [0, 0.1) is 13.8 Å². The van der Waals surface area contributed by atoms with Crippen molar-refractivity contribution in [3.63, 3.8) is 0 Å². The first-order valence-corrected chi connectivity index (χ1v) is 7.23. The van der Waals surface area contributed by atoms with E-state index in [1.54, 1.807) is 13.8 Å². The number of aromatic nitrogens is 2. The van der Waals surface area contributed by atoms with E-state index in [9.17, 15) is 8.42 Å². The second-order valence-electron chi connectivity index (χ2n) is 4.41. The minimum Gasteiger partial charge on any atom is -0.317 e. The quantitative estimate of drug-likeness (QED) is 0.715. The van der Waals surface area contributed by atoms with Crippen LogP contribution in [0.3, 0.4) is 0 Å². The molecular weight excluding hydrogens is 240 g/mol. The van der Waals surface area contributed by atoms with Gasteiger partial charge in [-0.15, -0.1) is 0 Å². The summed E-state index contributed by atoms with van der Waals surface area (Å²) < 4.78 is 27.2. The van der Waals surface area contributed by atoms with Crippen molar-refractivity contribution in [2.45, 2.75) is 37.6 Å². The highest BCUT2D eigenvalue weighted by molar-refractivity contribution is 7.89. The average molecular weight is 258 g/mol.